The summed E-state index contributed by atoms with van der Waals surface area (Å²) < 4.78 is 0. The number of fused-ring (bicyclic) bond motifs is 1. The van der Waals surface area contributed by atoms with Crippen molar-refractivity contribution in [2.75, 3.05) is 5.32 Å². The Kier molecular flexibility index (Phi) is 5.21. The van der Waals surface area contributed by atoms with E-state index in [9.17, 15) is 14.7 Å². The molecule has 0 fully saturated rings. The molecule has 30 heavy (non-hydrogen) atoms. The lowest BCUT2D eigenvalue weighted by Crippen LogP contribution is -2.16. The Hall–Kier alpha value is -3.70. The lowest BCUT2D eigenvalue weighted by atomic mass is 10.0. The van der Waals surface area contributed by atoms with E-state index >= 15 is 0 Å². The third kappa shape index (κ3) is 3.88. The third-order valence-electron chi connectivity index (χ3n) is 4.82. The van der Waals surface area contributed by atoms with Crippen molar-refractivity contribution in [2.24, 2.45) is 0 Å². The van der Waals surface area contributed by atoms with Crippen molar-refractivity contribution in [1.82, 2.24) is 4.98 Å². The summed E-state index contributed by atoms with van der Waals surface area (Å²) in [6.07, 6.45) is 1.77. The first-order valence-electron chi connectivity index (χ1n) is 9.22. The van der Waals surface area contributed by atoms with Crippen molar-refractivity contribution in [2.45, 2.75) is 6.92 Å². The predicted molar refractivity (Wildman–Crippen MR) is 118 cm³/mol. The van der Waals surface area contributed by atoms with Crippen LogP contribution in [-0.2, 0) is 0 Å². The summed E-state index contributed by atoms with van der Waals surface area (Å²) >= 11 is 5.97. The average molecular weight is 417 g/mol. The first kappa shape index (κ1) is 19.6. The minimum absolute atomic E-state index is 0.0526. The van der Waals surface area contributed by atoms with E-state index in [1.807, 2.05) is 36.4 Å². The molecule has 0 unspecified atom stereocenters. The summed E-state index contributed by atoms with van der Waals surface area (Å²) in [4.78, 5) is 28.9. The van der Waals surface area contributed by atoms with Crippen LogP contribution in [0.25, 0.3) is 22.0 Å². The normalized spacial score (nSPS) is 10.7. The fourth-order valence-electron chi connectivity index (χ4n) is 3.33. The molecule has 0 aliphatic rings. The number of carboxylic acid groups (broad SMARTS) is 1. The molecule has 5 nitrogen and oxygen atoms in total. The predicted octanol–water partition coefficient (Wildman–Crippen LogP) is 5.81. The summed E-state index contributed by atoms with van der Waals surface area (Å²) in [5.41, 5.74) is 3.78. The summed E-state index contributed by atoms with van der Waals surface area (Å²) in [6, 6.07) is 19.9. The van der Waals surface area contributed by atoms with Gasteiger partial charge < -0.3 is 10.4 Å². The topological polar surface area (TPSA) is 79.3 Å². The van der Waals surface area contributed by atoms with Gasteiger partial charge in [-0.3, -0.25) is 9.78 Å². The van der Waals surface area contributed by atoms with Gasteiger partial charge in [-0.1, -0.05) is 41.9 Å². The molecule has 0 atom stereocenters. The number of nitrogens with zero attached hydrogens (tertiary/aromatic N) is 1. The van der Waals surface area contributed by atoms with Gasteiger partial charge >= 0.3 is 5.97 Å². The molecule has 0 spiro atoms. The van der Waals surface area contributed by atoms with Crippen LogP contribution < -0.4 is 5.32 Å². The summed E-state index contributed by atoms with van der Waals surface area (Å²) in [7, 11) is 0. The molecular weight excluding hydrogens is 400 g/mol. The van der Waals surface area contributed by atoms with Crippen LogP contribution in [0.5, 0.6) is 0 Å². The number of rotatable bonds is 4. The van der Waals surface area contributed by atoms with Gasteiger partial charge in [0.05, 0.1) is 16.8 Å². The second kappa shape index (κ2) is 7.97. The Balaban J connectivity index is 1.67. The molecule has 1 amide bonds. The zero-order valence-corrected chi connectivity index (χ0v) is 16.8. The average Bonchev–Trinajstić information content (AvgIpc) is 2.75. The van der Waals surface area contributed by atoms with Crippen molar-refractivity contribution in [1.29, 1.82) is 0 Å². The Morgan fingerprint density at radius 2 is 1.77 bits per heavy atom. The van der Waals surface area contributed by atoms with Crippen molar-refractivity contribution in [3.05, 3.63) is 94.6 Å². The van der Waals surface area contributed by atoms with Crippen LogP contribution in [0.3, 0.4) is 0 Å². The maximum Gasteiger partial charge on any atom is 0.337 e. The number of anilines is 1. The number of aromatic nitrogens is 1. The number of hydrogen-bond acceptors (Lipinski definition) is 3. The SMILES string of the molecule is Cc1cc(Cl)cc(C(=O)O)c1NC(=O)c1cccc(-c2cnc3ccccc3c2)c1. The molecule has 4 rings (SSSR count). The minimum atomic E-state index is -1.16. The van der Waals surface area contributed by atoms with Gasteiger partial charge in [-0.15, -0.1) is 0 Å². The maximum absolute atomic E-state index is 12.9. The highest BCUT2D eigenvalue weighted by Gasteiger charge is 2.17. The monoisotopic (exact) mass is 416 g/mol. The van der Waals surface area contributed by atoms with Gasteiger partial charge in [0, 0.05) is 27.7 Å². The van der Waals surface area contributed by atoms with Gasteiger partial charge in [0.25, 0.3) is 5.91 Å². The van der Waals surface area contributed by atoms with Crippen LogP contribution in [0, 0.1) is 6.92 Å². The molecule has 0 saturated carbocycles. The minimum Gasteiger partial charge on any atom is -0.478 e. The first-order chi connectivity index (χ1) is 14.4. The number of carboxylic acids is 1. The number of hydrogen-bond donors (Lipinski definition) is 2. The van der Waals surface area contributed by atoms with E-state index in [-0.39, 0.29) is 11.3 Å². The number of halogens is 1. The Labute approximate surface area is 178 Å². The fraction of sp³-hybridized carbons (Fsp3) is 0.0417. The molecule has 2 N–H and O–H groups in total. The van der Waals surface area contributed by atoms with Gasteiger partial charge in [-0.05, 0) is 54.4 Å². The van der Waals surface area contributed by atoms with E-state index in [2.05, 4.69) is 10.3 Å². The number of nitrogens with one attached hydrogen (secondary N) is 1. The number of carbonyl (C=O) groups is 2. The number of pyridine rings is 1. The van der Waals surface area contributed by atoms with Crippen molar-refractivity contribution >= 4 is 40.1 Å². The van der Waals surface area contributed by atoms with Crippen LogP contribution in [0.1, 0.15) is 26.3 Å². The molecule has 148 valence electrons. The van der Waals surface area contributed by atoms with Crippen molar-refractivity contribution in [3.63, 3.8) is 0 Å². The summed E-state index contributed by atoms with van der Waals surface area (Å²) in [5, 5.41) is 13.5. The maximum atomic E-state index is 12.9. The lowest BCUT2D eigenvalue weighted by molar-refractivity contribution is 0.0698. The lowest BCUT2D eigenvalue weighted by Gasteiger charge is -2.13. The Morgan fingerprint density at radius 1 is 0.967 bits per heavy atom. The van der Waals surface area contributed by atoms with Gasteiger partial charge in [0.1, 0.15) is 0 Å². The summed E-state index contributed by atoms with van der Waals surface area (Å²) in [5.74, 6) is -1.56. The van der Waals surface area contributed by atoms with E-state index in [0.29, 0.717) is 16.1 Å². The van der Waals surface area contributed by atoms with Gasteiger partial charge in [0.2, 0.25) is 0 Å². The molecule has 0 radical (unpaired) electrons. The largest absolute Gasteiger partial charge is 0.478 e. The van der Waals surface area contributed by atoms with E-state index in [0.717, 1.165) is 22.0 Å². The molecule has 4 aromatic rings. The van der Waals surface area contributed by atoms with E-state index in [1.54, 1.807) is 37.4 Å². The van der Waals surface area contributed by atoms with Crippen molar-refractivity contribution < 1.29 is 14.7 Å². The fourth-order valence-corrected chi connectivity index (χ4v) is 3.61. The highest BCUT2D eigenvalue weighted by Crippen LogP contribution is 2.27. The summed E-state index contributed by atoms with van der Waals surface area (Å²) in [6.45, 7) is 1.70. The molecule has 1 aromatic heterocycles. The third-order valence-corrected chi connectivity index (χ3v) is 5.04. The van der Waals surface area contributed by atoms with E-state index < -0.39 is 11.9 Å². The number of aryl methyl sites for hydroxylation is 1. The van der Waals surface area contributed by atoms with E-state index in [4.69, 9.17) is 11.6 Å². The number of benzene rings is 3. The zero-order valence-electron chi connectivity index (χ0n) is 16.0. The standard InChI is InChI=1S/C24H17ClN2O3/c1-14-9-19(25)12-20(24(29)30)22(14)27-23(28)17-7-4-6-15(10-17)18-11-16-5-2-3-8-21(16)26-13-18/h2-13H,1H3,(H,27,28)(H,29,30). The number of carbonyl (C=O) groups excluding carboxylic acids is 1. The van der Waals surface area contributed by atoms with Crippen LogP contribution in [0.4, 0.5) is 5.69 Å². The zero-order chi connectivity index (χ0) is 21.3. The molecular formula is C24H17ClN2O3. The van der Waals surface area contributed by atoms with Gasteiger partial charge in [-0.2, -0.15) is 0 Å². The molecule has 1 heterocycles. The Bertz CT molecular complexity index is 1300. The van der Waals surface area contributed by atoms with Crippen LogP contribution in [0.15, 0.2) is 72.9 Å². The molecule has 0 bridgehead atoms. The highest BCUT2D eigenvalue weighted by atomic mass is 35.5. The van der Waals surface area contributed by atoms with Crippen LogP contribution in [0.2, 0.25) is 5.02 Å². The Morgan fingerprint density at radius 3 is 2.57 bits per heavy atom. The molecule has 0 aliphatic heterocycles. The highest BCUT2D eigenvalue weighted by molar-refractivity contribution is 6.31. The molecule has 0 saturated heterocycles. The second-order valence-corrected chi connectivity index (χ2v) is 7.34. The van der Waals surface area contributed by atoms with Gasteiger partial charge in [-0.25, -0.2) is 4.79 Å². The first-order valence-corrected chi connectivity index (χ1v) is 9.60. The molecule has 0 aliphatic carbocycles. The second-order valence-electron chi connectivity index (χ2n) is 6.90. The number of aromatic carboxylic acids is 1. The number of amides is 1. The van der Waals surface area contributed by atoms with Crippen LogP contribution in [-0.4, -0.2) is 22.0 Å². The smallest absolute Gasteiger partial charge is 0.337 e. The molecule has 3 aromatic carbocycles. The van der Waals surface area contributed by atoms with Crippen molar-refractivity contribution in [3.8, 4) is 11.1 Å². The number of para-hydroxylation sites is 1. The molecule has 6 heteroatoms. The quantitative estimate of drug-likeness (QED) is 0.439. The van der Waals surface area contributed by atoms with Gasteiger partial charge in [0.15, 0.2) is 0 Å². The van der Waals surface area contributed by atoms with E-state index in [1.165, 1.54) is 6.07 Å². The van der Waals surface area contributed by atoms with Crippen LogP contribution >= 0.6 is 11.6 Å².